The van der Waals surface area contributed by atoms with Gasteiger partial charge in [0, 0.05) is 55.6 Å². The van der Waals surface area contributed by atoms with E-state index in [-0.39, 0.29) is 30.6 Å². The van der Waals surface area contributed by atoms with Crippen LogP contribution >= 0.6 is 22.7 Å². The van der Waals surface area contributed by atoms with Crippen molar-refractivity contribution in [2.24, 2.45) is 5.73 Å². The second-order valence-electron chi connectivity index (χ2n) is 8.56. The topological polar surface area (TPSA) is 161 Å². The molecule has 0 spiro atoms. The molecule has 0 bridgehead atoms. The van der Waals surface area contributed by atoms with Crippen molar-refractivity contribution >= 4 is 55.5 Å². The van der Waals surface area contributed by atoms with Crippen molar-refractivity contribution in [1.82, 2.24) is 19.4 Å². The summed E-state index contributed by atoms with van der Waals surface area (Å²) in [6, 6.07) is 1.62. The normalized spacial score (nSPS) is 14.0. The van der Waals surface area contributed by atoms with E-state index in [2.05, 4.69) is 25.2 Å². The van der Waals surface area contributed by atoms with Crippen LogP contribution in [0, 0.1) is 0 Å². The average Bonchev–Trinajstić information content (AvgIpc) is 3.67. The summed E-state index contributed by atoms with van der Waals surface area (Å²) in [5.41, 5.74) is 7.65. The number of fused-ring (bicyclic) bond motifs is 2. The van der Waals surface area contributed by atoms with E-state index < -0.39 is 5.91 Å². The zero-order valence-corrected chi connectivity index (χ0v) is 21.7. The number of anilines is 2. The Bertz CT molecular complexity index is 1700. The van der Waals surface area contributed by atoms with E-state index in [9.17, 15) is 14.7 Å². The fourth-order valence-corrected chi connectivity index (χ4v) is 6.57. The van der Waals surface area contributed by atoms with Gasteiger partial charge in [0.2, 0.25) is 11.4 Å². The lowest BCUT2D eigenvalue weighted by Crippen LogP contribution is -2.36. The molecule has 6 rings (SSSR count). The third kappa shape index (κ3) is 4.41. The Labute approximate surface area is 223 Å². The Hall–Kier alpha value is -3.85. The van der Waals surface area contributed by atoms with Crippen LogP contribution in [0.15, 0.2) is 40.1 Å². The Balaban J connectivity index is 1.36. The highest BCUT2D eigenvalue weighted by Gasteiger charge is 2.22. The van der Waals surface area contributed by atoms with Crippen LogP contribution in [0.2, 0.25) is 0 Å². The van der Waals surface area contributed by atoms with Gasteiger partial charge in [0.05, 0.1) is 40.8 Å². The molecule has 196 valence electrons. The van der Waals surface area contributed by atoms with Gasteiger partial charge in [0.1, 0.15) is 16.8 Å². The molecule has 14 heteroatoms. The van der Waals surface area contributed by atoms with Gasteiger partial charge in [0.15, 0.2) is 11.2 Å². The van der Waals surface area contributed by atoms with Crippen LogP contribution in [-0.2, 0) is 11.2 Å². The van der Waals surface area contributed by atoms with Gasteiger partial charge in [-0.15, -0.1) is 22.7 Å². The number of nitrogens with zero attached hydrogens (tertiary/aromatic N) is 5. The number of furan rings is 1. The molecule has 6 heterocycles. The number of aliphatic hydroxyl groups excluding tert-OH is 1. The molecule has 0 radical (unpaired) electrons. The van der Waals surface area contributed by atoms with E-state index in [1.807, 2.05) is 0 Å². The van der Waals surface area contributed by atoms with Crippen molar-refractivity contribution in [3.63, 3.8) is 0 Å². The van der Waals surface area contributed by atoms with Crippen LogP contribution in [0.5, 0.6) is 0 Å². The second-order valence-corrected chi connectivity index (χ2v) is 10.7. The largest absolute Gasteiger partial charge is 0.459 e. The molecule has 0 atom stereocenters. The number of imidazole rings is 1. The maximum atomic E-state index is 12.8. The lowest BCUT2D eigenvalue weighted by Gasteiger charge is -2.27. The number of primary amides is 1. The number of hydrogen-bond donors (Lipinski definition) is 3. The minimum atomic E-state index is -0.636. The standard InChI is InChI=1S/C24H23N7O5S2/c25-21(34)18-15(29-24(27-2-6-32)31-3-1-26-22(18)31)9-13-11-28-23(37-13)14-12-36-19-16(33)10-17(38-20(14)19)30-4-7-35-8-5-30/h1,3,10-12,32H,2,4-9H2,(H2,25,34)(H,27,29). The highest BCUT2D eigenvalue weighted by atomic mass is 32.1. The summed E-state index contributed by atoms with van der Waals surface area (Å²) in [5, 5.41) is 13.9. The molecule has 1 aliphatic rings. The summed E-state index contributed by atoms with van der Waals surface area (Å²) in [7, 11) is 0. The van der Waals surface area contributed by atoms with Gasteiger partial charge in [0.25, 0.3) is 5.91 Å². The fourth-order valence-electron chi connectivity index (χ4n) is 4.39. The van der Waals surface area contributed by atoms with E-state index in [1.165, 1.54) is 22.7 Å². The molecule has 0 aliphatic carbocycles. The van der Waals surface area contributed by atoms with Crippen molar-refractivity contribution in [3.05, 3.63) is 57.3 Å². The van der Waals surface area contributed by atoms with Crippen LogP contribution in [0.25, 0.3) is 26.5 Å². The van der Waals surface area contributed by atoms with Gasteiger partial charge in [-0.1, -0.05) is 0 Å². The van der Waals surface area contributed by atoms with Gasteiger partial charge in [-0.25, -0.2) is 15.0 Å². The van der Waals surface area contributed by atoms with E-state index >= 15 is 0 Å². The van der Waals surface area contributed by atoms with Crippen LogP contribution in [0.4, 0.5) is 10.9 Å². The van der Waals surface area contributed by atoms with E-state index in [0.29, 0.717) is 41.1 Å². The van der Waals surface area contributed by atoms with Gasteiger partial charge in [-0.05, 0) is 0 Å². The van der Waals surface area contributed by atoms with Crippen LogP contribution < -0.4 is 21.4 Å². The minimum Gasteiger partial charge on any atom is -0.459 e. The predicted molar refractivity (Wildman–Crippen MR) is 144 cm³/mol. The fraction of sp³-hybridized carbons (Fsp3) is 0.292. The summed E-state index contributed by atoms with van der Waals surface area (Å²) in [5.74, 6) is -0.194. The number of aliphatic hydroxyl groups is 1. The molecular weight excluding hydrogens is 530 g/mol. The zero-order valence-electron chi connectivity index (χ0n) is 20.0. The lowest BCUT2D eigenvalue weighted by atomic mass is 10.1. The van der Waals surface area contributed by atoms with E-state index in [4.69, 9.17) is 14.9 Å². The summed E-state index contributed by atoms with van der Waals surface area (Å²) in [6.07, 6.45) is 6.80. The predicted octanol–water partition coefficient (Wildman–Crippen LogP) is 1.95. The molecule has 5 aromatic heterocycles. The first-order valence-electron chi connectivity index (χ1n) is 11.9. The number of morpholine rings is 1. The molecule has 5 aromatic rings. The molecule has 38 heavy (non-hydrogen) atoms. The van der Waals surface area contributed by atoms with Crippen LogP contribution in [0.1, 0.15) is 20.9 Å². The molecule has 1 saturated heterocycles. The van der Waals surface area contributed by atoms with E-state index in [1.54, 1.807) is 35.3 Å². The van der Waals surface area contributed by atoms with Crippen molar-refractivity contribution in [3.8, 4) is 10.6 Å². The maximum Gasteiger partial charge on any atom is 0.254 e. The number of rotatable bonds is 8. The molecule has 1 fully saturated rings. The number of aromatic nitrogens is 4. The van der Waals surface area contributed by atoms with E-state index in [0.717, 1.165) is 33.2 Å². The van der Waals surface area contributed by atoms with Crippen molar-refractivity contribution in [2.75, 3.05) is 49.7 Å². The number of carbonyl (C=O) groups is 1. The number of ether oxygens (including phenoxy) is 1. The first-order valence-corrected chi connectivity index (χ1v) is 13.5. The summed E-state index contributed by atoms with van der Waals surface area (Å²) in [4.78, 5) is 41.7. The smallest absolute Gasteiger partial charge is 0.254 e. The number of nitrogens with one attached hydrogen (secondary N) is 1. The Morgan fingerprint density at radius 3 is 2.87 bits per heavy atom. The quantitative estimate of drug-likeness (QED) is 0.259. The third-order valence-corrected chi connectivity index (χ3v) is 8.37. The molecular formula is C24H23N7O5S2. The van der Waals surface area contributed by atoms with Gasteiger partial charge in [-0.3, -0.25) is 14.0 Å². The second kappa shape index (κ2) is 10.1. The Kier molecular flexibility index (Phi) is 6.53. The maximum absolute atomic E-state index is 12.8. The average molecular weight is 554 g/mol. The SMILES string of the molecule is NC(=O)c1c(Cc2cnc(-c3coc4c(=O)cc(N5CCOCC5)sc34)s2)nc(NCCO)n2ccnc12. The number of nitrogens with two attached hydrogens (primary N) is 1. The van der Waals surface area contributed by atoms with Gasteiger partial charge < -0.3 is 30.2 Å². The summed E-state index contributed by atoms with van der Waals surface area (Å²) >= 11 is 2.92. The van der Waals surface area contributed by atoms with Crippen molar-refractivity contribution in [2.45, 2.75) is 6.42 Å². The number of thiazole rings is 1. The number of hydrogen-bond acceptors (Lipinski definition) is 12. The summed E-state index contributed by atoms with van der Waals surface area (Å²) < 4.78 is 13.5. The van der Waals surface area contributed by atoms with Crippen LogP contribution in [0.3, 0.4) is 0 Å². The highest BCUT2D eigenvalue weighted by Crippen LogP contribution is 2.38. The molecule has 12 nitrogen and oxygen atoms in total. The monoisotopic (exact) mass is 553 g/mol. The minimum absolute atomic E-state index is 0.0824. The summed E-state index contributed by atoms with van der Waals surface area (Å²) in [6.45, 7) is 2.89. The first-order chi connectivity index (χ1) is 18.5. The number of amides is 1. The first kappa shape index (κ1) is 24.5. The highest BCUT2D eigenvalue weighted by molar-refractivity contribution is 7.23. The van der Waals surface area contributed by atoms with Crippen molar-refractivity contribution < 1.29 is 19.1 Å². The molecule has 0 aromatic carbocycles. The Morgan fingerprint density at radius 1 is 1.24 bits per heavy atom. The van der Waals surface area contributed by atoms with Crippen LogP contribution in [-0.4, -0.2) is 69.8 Å². The third-order valence-electron chi connectivity index (χ3n) is 6.14. The number of carbonyl (C=O) groups excluding carboxylic acids is 1. The molecule has 1 amide bonds. The lowest BCUT2D eigenvalue weighted by molar-refractivity contribution is 0.1000. The molecule has 0 saturated carbocycles. The van der Waals surface area contributed by atoms with Gasteiger partial charge >= 0.3 is 0 Å². The Morgan fingerprint density at radius 2 is 2.08 bits per heavy atom. The molecule has 1 aliphatic heterocycles. The van der Waals surface area contributed by atoms with Crippen molar-refractivity contribution in [1.29, 1.82) is 0 Å². The van der Waals surface area contributed by atoms with Gasteiger partial charge in [-0.2, -0.15) is 0 Å². The molecule has 0 unspecified atom stereocenters. The molecule has 4 N–H and O–H groups in total. The zero-order chi connectivity index (χ0) is 26.2.